The van der Waals surface area contributed by atoms with Crippen molar-refractivity contribution in [2.24, 2.45) is 0 Å². The number of nitrogens with zero attached hydrogens (tertiary/aromatic N) is 1. The lowest BCUT2D eigenvalue weighted by Crippen LogP contribution is -2.50. The number of hydrogen-bond acceptors (Lipinski definition) is 2. The maximum atomic E-state index is 12.3. The van der Waals surface area contributed by atoms with Crippen molar-refractivity contribution < 1.29 is 4.79 Å². The van der Waals surface area contributed by atoms with Crippen molar-refractivity contribution in [3.8, 4) is 0 Å². The average Bonchev–Trinajstić information content (AvgIpc) is 2.86. The molecule has 2 fully saturated rings. The van der Waals surface area contributed by atoms with Gasteiger partial charge in [-0.25, -0.2) is 4.79 Å². The molecule has 25 heavy (non-hydrogen) atoms. The molecule has 2 heterocycles. The molecular weight excluding hydrogens is 310 g/mol. The summed E-state index contributed by atoms with van der Waals surface area (Å²) in [6.07, 6.45) is 4.59. The fraction of sp³-hybridized carbons (Fsp3) is 0.381. The number of rotatable bonds is 4. The highest BCUT2D eigenvalue weighted by Gasteiger charge is 2.40. The highest BCUT2D eigenvalue weighted by Crippen LogP contribution is 2.36. The molecule has 0 radical (unpaired) electrons. The normalized spacial score (nSPS) is 25.5. The number of carbonyl (C=O) groups excluding carboxylic acids is 1. The third-order valence-electron chi connectivity index (χ3n) is 5.46. The Morgan fingerprint density at radius 3 is 2.16 bits per heavy atom. The van der Waals surface area contributed by atoms with E-state index < -0.39 is 0 Å². The van der Waals surface area contributed by atoms with Gasteiger partial charge in [-0.15, -0.1) is 0 Å². The molecule has 0 aliphatic carbocycles. The zero-order chi connectivity index (χ0) is 17.1. The molecule has 2 aliphatic heterocycles. The molecule has 0 unspecified atom stereocenters. The lowest BCUT2D eigenvalue weighted by Gasteiger charge is -2.39. The molecule has 2 aromatic carbocycles. The quantitative estimate of drug-likeness (QED) is 0.887. The zero-order valence-electron chi connectivity index (χ0n) is 14.4. The van der Waals surface area contributed by atoms with Gasteiger partial charge in [0.2, 0.25) is 0 Å². The second-order valence-corrected chi connectivity index (χ2v) is 7.18. The van der Waals surface area contributed by atoms with Crippen LogP contribution in [-0.4, -0.2) is 29.1 Å². The Morgan fingerprint density at radius 1 is 0.920 bits per heavy atom. The molecule has 130 valence electrons. The van der Waals surface area contributed by atoms with E-state index in [1.165, 1.54) is 18.4 Å². The van der Waals surface area contributed by atoms with Gasteiger partial charge in [-0.3, -0.25) is 4.90 Å². The van der Waals surface area contributed by atoms with E-state index in [-0.39, 0.29) is 12.1 Å². The summed E-state index contributed by atoms with van der Waals surface area (Å²) >= 11 is 0. The molecule has 2 saturated heterocycles. The van der Waals surface area contributed by atoms with Crippen LogP contribution >= 0.6 is 0 Å². The molecule has 2 bridgehead atoms. The van der Waals surface area contributed by atoms with E-state index in [9.17, 15) is 4.79 Å². The van der Waals surface area contributed by atoms with E-state index in [0.29, 0.717) is 12.1 Å². The first-order valence-corrected chi connectivity index (χ1v) is 9.20. The molecule has 0 spiro atoms. The molecule has 4 nitrogen and oxygen atoms in total. The molecule has 2 amide bonds. The summed E-state index contributed by atoms with van der Waals surface area (Å²) in [7, 11) is 0. The largest absolute Gasteiger partial charge is 0.335 e. The van der Waals surface area contributed by atoms with Crippen LogP contribution in [0, 0.1) is 0 Å². The Bertz CT molecular complexity index is 690. The number of amides is 2. The number of fused-ring (bicyclic) bond motifs is 2. The number of hydrogen-bond donors (Lipinski definition) is 2. The van der Waals surface area contributed by atoms with Crippen LogP contribution in [0.4, 0.5) is 10.5 Å². The van der Waals surface area contributed by atoms with Gasteiger partial charge in [0.25, 0.3) is 0 Å². The summed E-state index contributed by atoms with van der Waals surface area (Å²) in [6, 6.07) is 21.7. The number of para-hydroxylation sites is 1. The van der Waals surface area contributed by atoms with Crippen molar-refractivity contribution in [1.29, 1.82) is 0 Å². The predicted molar refractivity (Wildman–Crippen MR) is 100 cm³/mol. The summed E-state index contributed by atoms with van der Waals surface area (Å²) in [5, 5.41) is 6.10. The SMILES string of the molecule is O=C(Nc1ccccc1)NC1C[C@@H]2CC[C@@H](C1)N2Cc1ccccc1. The van der Waals surface area contributed by atoms with Gasteiger partial charge in [0.05, 0.1) is 0 Å². The number of anilines is 1. The lowest BCUT2D eigenvalue weighted by molar-refractivity contribution is 0.112. The Hall–Kier alpha value is -2.33. The molecule has 2 N–H and O–H groups in total. The van der Waals surface area contributed by atoms with E-state index in [1.54, 1.807) is 0 Å². The van der Waals surface area contributed by atoms with Gasteiger partial charge >= 0.3 is 6.03 Å². The molecule has 0 saturated carbocycles. The maximum absolute atomic E-state index is 12.3. The summed E-state index contributed by atoms with van der Waals surface area (Å²) < 4.78 is 0. The lowest BCUT2D eigenvalue weighted by atomic mass is 9.96. The van der Waals surface area contributed by atoms with Crippen molar-refractivity contribution in [1.82, 2.24) is 10.2 Å². The van der Waals surface area contributed by atoms with Gasteiger partial charge in [0.15, 0.2) is 0 Å². The molecule has 4 heteroatoms. The number of carbonyl (C=O) groups is 1. The fourth-order valence-corrected chi connectivity index (χ4v) is 4.32. The maximum Gasteiger partial charge on any atom is 0.319 e. The highest BCUT2D eigenvalue weighted by molar-refractivity contribution is 5.89. The average molecular weight is 335 g/mol. The second kappa shape index (κ2) is 7.28. The van der Waals surface area contributed by atoms with Gasteiger partial charge in [-0.05, 0) is 43.4 Å². The topological polar surface area (TPSA) is 44.4 Å². The van der Waals surface area contributed by atoms with Crippen molar-refractivity contribution in [3.63, 3.8) is 0 Å². The summed E-state index contributed by atoms with van der Waals surface area (Å²) in [5.74, 6) is 0. The van der Waals surface area contributed by atoms with E-state index in [1.807, 2.05) is 30.3 Å². The Balaban J connectivity index is 1.33. The van der Waals surface area contributed by atoms with Crippen LogP contribution in [0.3, 0.4) is 0 Å². The minimum absolute atomic E-state index is 0.0906. The number of urea groups is 1. The smallest absolute Gasteiger partial charge is 0.319 e. The van der Waals surface area contributed by atoms with Crippen LogP contribution in [0.15, 0.2) is 60.7 Å². The van der Waals surface area contributed by atoms with Gasteiger partial charge in [0.1, 0.15) is 0 Å². The zero-order valence-corrected chi connectivity index (χ0v) is 14.4. The first kappa shape index (κ1) is 16.2. The van der Waals surface area contributed by atoms with Crippen LogP contribution in [-0.2, 0) is 6.54 Å². The van der Waals surface area contributed by atoms with Crippen LogP contribution in [0.25, 0.3) is 0 Å². The minimum Gasteiger partial charge on any atom is -0.335 e. The fourth-order valence-electron chi connectivity index (χ4n) is 4.32. The molecular formula is C21H25N3O. The standard InChI is InChI=1S/C21H25N3O/c25-21(22-17-9-5-2-6-10-17)23-18-13-19-11-12-20(14-18)24(19)15-16-7-3-1-4-8-16/h1-10,18-20H,11-15H2,(H2,22,23,25)/t19-,20-/m0/s1. The Morgan fingerprint density at radius 2 is 1.52 bits per heavy atom. The van der Waals surface area contributed by atoms with E-state index in [4.69, 9.17) is 0 Å². The molecule has 0 aromatic heterocycles. The van der Waals surface area contributed by atoms with Crippen molar-refractivity contribution in [2.75, 3.05) is 5.32 Å². The molecule has 2 aromatic rings. The van der Waals surface area contributed by atoms with Crippen molar-refractivity contribution in [3.05, 3.63) is 66.2 Å². The second-order valence-electron chi connectivity index (χ2n) is 7.18. The number of benzene rings is 2. The van der Waals surface area contributed by atoms with Crippen molar-refractivity contribution >= 4 is 11.7 Å². The monoisotopic (exact) mass is 335 g/mol. The van der Waals surface area contributed by atoms with Crippen LogP contribution < -0.4 is 10.6 Å². The van der Waals surface area contributed by atoms with Crippen LogP contribution in [0.5, 0.6) is 0 Å². The third kappa shape index (κ3) is 3.85. The first-order valence-electron chi connectivity index (χ1n) is 9.20. The van der Waals surface area contributed by atoms with Crippen LogP contribution in [0.2, 0.25) is 0 Å². The van der Waals surface area contributed by atoms with Gasteiger partial charge in [0, 0.05) is 30.4 Å². The highest BCUT2D eigenvalue weighted by atomic mass is 16.2. The van der Waals surface area contributed by atoms with Crippen molar-refractivity contribution in [2.45, 2.75) is 50.4 Å². The van der Waals surface area contributed by atoms with Gasteiger partial charge < -0.3 is 10.6 Å². The van der Waals surface area contributed by atoms with Crippen LogP contribution in [0.1, 0.15) is 31.2 Å². The minimum atomic E-state index is -0.0906. The van der Waals surface area contributed by atoms with Gasteiger partial charge in [-0.2, -0.15) is 0 Å². The molecule has 2 aliphatic rings. The first-order chi connectivity index (χ1) is 12.3. The number of nitrogens with one attached hydrogen (secondary N) is 2. The number of piperidine rings is 1. The van der Waals surface area contributed by atoms with E-state index in [2.05, 4.69) is 45.9 Å². The summed E-state index contributed by atoms with van der Waals surface area (Å²) in [5.41, 5.74) is 2.22. The summed E-state index contributed by atoms with van der Waals surface area (Å²) in [4.78, 5) is 14.9. The van der Waals surface area contributed by atoms with Gasteiger partial charge in [-0.1, -0.05) is 48.5 Å². The van der Waals surface area contributed by atoms with E-state index in [0.717, 1.165) is 25.1 Å². The summed E-state index contributed by atoms with van der Waals surface area (Å²) in [6.45, 7) is 1.03. The molecule has 2 atom stereocenters. The third-order valence-corrected chi connectivity index (χ3v) is 5.46. The Kier molecular flexibility index (Phi) is 4.70. The Labute approximate surface area is 149 Å². The van der Waals surface area contributed by atoms with E-state index >= 15 is 0 Å². The predicted octanol–water partition coefficient (Wildman–Crippen LogP) is 4.00. The molecule has 4 rings (SSSR count).